The first-order valence-corrected chi connectivity index (χ1v) is 12.1. The highest BCUT2D eigenvalue weighted by Crippen LogP contribution is 2.34. The third kappa shape index (κ3) is 7.00. The third-order valence-electron chi connectivity index (χ3n) is 5.42. The molecule has 1 aromatic heterocycles. The Labute approximate surface area is 202 Å². The highest BCUT2D eigenvalue weighted by Gasteiger charge is 2.29. The summed E-state index contributed by atoms with van der Waals surface area (Å²) in [6, 6.07) is 15.4. The number of hydrogen-bond acceptors (Lipinski definition) is 4. The van der Waals surface area contributed by atoms with Gasteiger partial charge < -0.3 is 10.6 Å². The van der Waals surface area contributed by atoms with Crippen LogP contribution in [0.5, 0.6) is 0 Å². The Morgan fingerprint density at radius 3 is 2.26 bits per heavy atom. The summed E-state index contributed by atoms with van der Waals surface area (Å²) in [5.74, 6) is 1.20. The van der Waals surface area contributed by atoms with Crippen LogP contribution in [0.4, 0.5) is 24.7 Å². The minimum absolute atomic E-state index is 0.0252. The number of thioether (sulfide) groups is 1. The predicted molar refractivity (Wildman–Crippen MR) is 132 cm³/mol. The lowest BCUT2D eigenvalue weighted by atomic mass is 10.0. The quantitative estimate of drug-likeness (QED) is 0.223. The summed E-state index contributed by atoms with van der Waals surface area (Å²) in [4.78, 5) is 16.5. The van der Waals surface area contributed by atoms with E-state index in [1.54, 1.807) is 6.20 Å². The number of aryl methyl sites for hydroxylation is 2. The van der Waals surface area contributed by atoms with E-state index in [0.29, 0.717) is 30.1 Å². The summed E-state index contributed by atoms with van der Waals surface area (Å²) >= 11 is 1.51. The molecule has 0 saturated carbocycles. The van der Waals surface area contributed by atoms with Crippen molar-refractivity contribution < 1.29 is 18.0 Å². The van der Waals surface area contributed by atoms with Gasteiger partial charge in [-0.05, 0) is 54.7 Å². The fourth-order valence-electron chi connectivity index (χ4n) is 3.56. The molecule has 34 heavy (non-hydrogen) atoms. The van der Waals surface area contributed by atoms with Crippen LogP contribution in [0.25, 0.3) is 0 Å². The van der Waals surface area contributed by atoms with E-state index in [1.807, 2.05) is 13.0 Å². The summed E-state index contributed by atoms with van der Waals surface area (Å²) in [7, 11) is 0. The molecule has 2 N–H and O–H groups in total. The maximum absolute atomic E-state index is 12.7. The van der Waals surface area contributed by atoms with Gasteiger partial charge in [0.1, 0.15) is 0 Å². The number of carbonyl (C=O) groups excluding carboxylic acids is 1. The summed E-state index contributed by atoms with van der Waals surface area (Å²) in [6.07, 6.45) is 0.693. The van der Waals surface area contributed by atoms with Crippen molar-refractivity contribution in [2.45, 2.75) is 50.2 Å². The molecule has 0 saturated heterocycles. The van der Waals surface area contributed by atoms with Gasteiger partial charge in [0.2, 0.25) is 6.41 Å². The Morgan fingerprint density at radius 2 is 1.65 bits per heavy atom. The van der Waals surface area contributed by atoms with Gasteiger partial charge in [0.05, 0.1) is 17.3 Å². The number of nitrogens with one attached hydrogen (secondary N) is 2. The molecule has 2 aromatic carbocycles. The fourth-order valence-corrected chi connectivity index (χ4v) is 4.58. The summed E-state index contributed by atoms with van der Waals surface area (Å²) in [6.45, 7) is 4.19. The van der Waals surface area contributed by atoms with Gasteiger partial charge in [-0.25, -0.2) is 4.98 Å². The molecule has 0 aliphatic rings. The Balaban J connectivity index is 1.67. The van der Waals surface area contributed by atoms with Crippen molar-refractivity contribution in [1.29, 1.82) is 0 Å². The normalized spacial score (nSPS) is 12.3. The molecule has 0 spiro atoms. The molecule has 1 unspecified atom stereocenters. The number of hydrogen-bond donors (Lipinski definition) is 2. The van der Waals surface area contributed by atoms with Crippen molar-refractivity contribution >= 4 is 29.7 Å². The van der Waals surface area contributed by atoms with Gasteiger partial charge >= 0.3 is 6.18 Å². The molecule has 0 aliphatic carbocycles. The molecule has 4 nitrogen and oxygen atoms in total. The second-order valence-corrected chi connectivity index (χ2v) is 9.08. The number of alkyl halides is 3. The molecule has 0 radical (unpaired) electrons. The van der Waals surface area contributed by atoms with Crippen LogP contribution in [0.2, 0.25) is 0 Å². The predicted octanol–water partition coefficient (Wildman–Crippen LogP) is 7.13. The van der Waals surface area contributed by atoms with E-state index in [0.717, 1.165) is 41.0 Å². The van der Waals surface area contributed by atoms with Gasteiger partial charge in [0, 0.05) is 16.8 Å². The second-order valence-electron chi connectivity index (χ2n) is 7.95. The Bertz CT molecular complexity index is 1070. The summed E-state index contributed by atoms with van der Waals surface area (Å²) in [5, 5.41) is 6.13. The van der Waals surface area contributed by atoms with Gasteiger partial charge in [-0.3, -0.25) is 4.79 Å². The van der Waals surface area contributed by atoms with E-state index < -0.39 is 11.7 Å². The molecule has 8 heteroatoms. The van der Waals surface area contributed by atoms with Crippen LogP contribution < -0.4 is 10.6 Å². The van der Waals surface area contributed by atoms with Crippen LogP contribution in [-0.2, 0) is 23.8 Å². The van der Waals surface area contributed by atoms with Gasteiger partial charge in [0.15, 0.2) is 5.82 Å². The summed E-state index contributed by atoms with van der Waals surface area (Å²) in [5.41, 5.74) is 3.16. The monoisotopic (exact) mass is 487 g/mol. The number of anilines is 2. The number of halogens is 3. The Morgan fingerprint density at radius 1 is 1.00 bits per heavy atom. The maximum atomic E-state index is 12.7. The molecule has 180 valence electrons. The number of benzene rings is 2. The fraction of sp³-hybridized carbons (Fsp3) is 0.308. The standard InChI is InChI=1S/C26H28F3N3OS/c1-3-4-19-5-9-21(10-6-19)18(2)32-25-24(31-17-33)23(13-15-30-25)34-16-14-20-7-11-22(12-8-20)26(27,28)29/h5-13,15,17-18H,3-4,14,16H2,1-2H3,(H,30,32)(H,31,33). The second kappa shape index (κ2) is 11.9. The maximum Gasteiger partial charge on any atom is 0.416 e. The van der Waals surface area contributed by atoms with Crippen LogP contribution in [0.3, 0.4) is 0 Å². The van der Waals surface area contributed by atoms with Crippen LogP contribution in [0.15, 0.2) is 65.7 Å². The van der Waals surface area contributed by atoms with E-state index in [-0.39, 0.29) is 6.04 Å². The molecule has 1 atom stereocenters. The van der Waals surface area contributed by atoms with Crippen LogP contribution in [0.1, 0.15) is 48.6 Å². The van der Waals surface area contributed by atoms with Crippen molar-refractivity contribution in [1.82, 2.24) is 4.98 Å². The van der Waals surface area contributed by atoms with Gasteiger partial charge in [-0.15, -0.1) is 11.8 Å². The third-order valence-corrected chi connectivity index (χ3v) is 6.48. The number of pyridine rings is 1. The topological polar surface area (TPSA) is 54.0 Å². The minimum Gasteiger partial charge on any atom is -0.362 e. The van der Waals surface area contributed by atoms with Crippen molar-refractivity contribution in [3.8, 4) is 0 Å². The lowest BCUT2D eigenvalue weighted by molar-refractivity contribution is -0.137. The van der Waals surface area contributed by atoms with Crippen molar-refractivity contribution in [2.24, 2.45) is 0 Å². The van der Waals surface area contributed by atoms with Crippen LogP contribution in [0, 0.1) is 0 Å². The van der Waals surface area contributed by atoms with E-state index in [2.05, 4.69) is 46.8 Å². The summed E-state index contributed by atoms with van der Waals surface area (Å²) < 4.78 is 38.2. The van der Waals surface area contributed by atoms with E-state index in [1.165, 1.54) is 29.5 Å². The van der Waals surface area contributed by atoms with Gasteiger partial charge in [0.25, 0.3) is 0 Å². The molecule has 1 heterocycles. The zero-order valence-corrected chi connectivity index (χ0v) is 20.0. The molecule has 0 aliphatic heterocycles. The number of nitrogens with zero attached hydrogens (tertiary/aromatic N) is 1. The smallest absolute Gasteiger partial charge is 0.362 e. The molecule has 0 bridgehead atoms. The molecular weight excluding hydrogens is 459 g/mol. The lowest BCUT2D eigenvalue weighted by Gasteiger charge is -2.19. The number of aromatic nitrogens is 1. The SMILES string of the molecule is CCCc1ccc(C(C)Nc2nccc(SCCc3ccc(C(F)(F)F)cc3)c2NC=O)cc1. The number of rotatable bonds is 11. The zero-order valence-electron chi connectivity index (χ0n) is 19.2. The molecule has 3 aromatic rings. The first-order valence-electron chi connectivity index (χ1n) is 11.1. The first-order chi connectivity index (χ1) is 16.3. The molecule has 3 rings (SSSR count). The average molecular weight is 488 g/mol. The Kier molecular flexibility index (Phi) is 8.98. The van der Waals surface area contributed by atoms with Crippen LogP contribution in [-0.4, -0.2) is 17.1 Å². The molecule has 0 fully saturated rings. The highest BCUT2D eigenvalue weighted by atomic mass is 32.2. The van der Waals surface area contributed by atoms with E-state index in [4.69, 9.17) is 0 Å². The highest BCUT2D eigenvalue weighted by molar-refractivity contribution is 7.99. The first kappa shape index (κ1) is 25.6. The lowest BCUT2D eigenvalue weighted by Crippen LogP contribution is -2.11. The minimum atomic E-state index is -4.34. The van der Waals surface area contributed by atoms with Crippen LogP contribution >= 0.6 is 11.8 Å². The van der Waals surface area contributed by atoms with Gasteiger partial charge in [-0.2, -0.15) is 13.2 Å². The molecule has 1 amide bonds. The van der Waals surface area contributed by atoms with Gasteiger partial charge in [-0.1, -0.05) is 49.7 Å². The van der Waals surface area contributed by atoms with E-state index >= 15 is 0 Å². The van der Waals surface area contributed by atoms with Crippen molar-refractivity contribution in [3.63, 3.8) is 0 Å². The molecular formula is C26H28F3N3OS. The average Bonchev–Trinajstić information content (AvgIpc) is 2.81. The Hall–Kier alpha value is -3.00. The number of amides is 1. The zero-order chi connectivity index (χ0) is 24.6. The number of carbonyl (C=O) groups is 1. The van der Waals surface area contributed by atoms with E-state index in [9.17, 15) is 18.0 Å². The largest absolute Gasteiger partial charge is 0.416 e. The van der Waals surface area contributed by atoms with Crippen molar-refractivity contribution in [2.75, 3.05) is 16.4 Å². The van der Waals surface area contributed by atoms with Crippen molar-refractivity contribution in [3.05, 3.63) is 83.0 Å².